The van der Waals surface area contributed by atoms with Crippen LogP contribution in [0.1, 0.15) is 43.7 Å². The van der Waals surface area contributed by atoms with E-state index in [1.54, 1.807) is 0 Å². The molecule has 2 rings (SSSR count). The Balaban J connectivity index is 2.02. The van der Waals surface area contributed by atoms with Crippen molar-refractivity contribution in [3.05, 3.63) is 17.0 Å². The predicted molar refractivity (Wildman–Crippen MR) is 66.7 cm³/mol. The Labute approximate surface area is 101 Å². The molecule has 0 atom stereocenters. The highest BCUT2D eigenvalue weighted by atomic mass is 16.5. The molecule has 0 bridgehead atoms. The van der Waals surface area contributed by atoms with Gasteiger partial charge in [-0.15, -0.1) is 0 Å². The number of aromatic nitrogens is 1. The van der Waals surface area contributed by atoms with E-state index in [0.29, 0.717) is 18.5 Å². The first-order valence-electron chi connectivity index (χ1n) is 6.27. The topological polar surface area (TPSA) is 76.4 Å². The molecule has 0 amide bonds. The van der Waals surface area contributed by atoms with Crippen molar-refractivity contribution in [1.29, 1.82) is 0 Å². The number of nitrogens with one attached hydrogen (secondary N) is 1. The Hall–Kier alpha value is -1.52. The Kier molecular flexibility index (Phi) is 3.66. The van der Waals surface area contributed by atoms with Crippen LogP contribution >= 0.6 is 0 Å². The largest absolute Gasteiger partial charge is 0.370 e. The van der Waals surface area contributed by atoms with Gasteiger partial charge in [0.1, 0.15) is 5.76 Å². The van der Waals surface area contributed by atoms with Crippen LogP contribution in [0.2, 0.25) is 0 Å². The molecule has 94 valence electrons. The van der Waals surface area contributed by atoms with Crippen molar-refractivity contribution in [3.63, 3.8) is 0 Å². The van der Waals surface area contributed by atoms with Gasteiger partial charge in [0.25, 0.3) is 0 Å². The molecule has 0 saturated heterocycles. The van der Waals surface area contributed by atoms with Gasteiger partial charge in [-0.05, 0) is 19.3 Å². The highest BCUT2D eigenvalue weighted by molar-refractivity contribution is 5.78. The van der Waals surface area contributed by atoms with Gasteiger partial charge in [0.2, 0.25) is 0 Å². The van der Waals surface area contributed by atoms with Crippen molar-refractivity contribution >= 4 is 5.96 Å². The lowest BCUT2D eigenvalue weighted by Gasteiger charge is -2.03. The van der Waals surface area contributed by atoms with Gasteiger partial charge in [-0.25, -0.2) is 4.99 Å². The van der Waals surface area contributed by atoms with Crippen molar-refractivity contribution in [1.82, 2.24) is 10.5 Å². The second-order valence-corrected chi connectivity index (χ2v) is 4.36. The summed E-state index contributed by atoms with van der Waals surface area (Å²) < 4.78 is 5.28. The molecule has 1 aliphatic rings. The Morgan fingerprint density at radius 1 is 1.47 bits per heavy atom. The highest BCUT2D eigenvalue weighted by Crippen LogP contribution is 2.19. The Bertz CT molecular complexity index is 385. The third kappa shape index (κ3) is 2.99. The highest BCUT2D eigenvalue weighted by Gasteiger charge is 2.21. The lowest BCUT2D eigenvalue weighted by molar-refractivity contribution is 0.380. The fourth-order valence-electron chi connectivity index (χ4n) is 1.76. The summed E-state index contributed by atoms with van der Waals surface area (Å²) in [5.41, 5.74) is 7.89. The summed E-state index contributed by atoms with van der Waals surface area (Å²) >= 11 is 0. The minimum absolute atomic E-state index is 0.526. The molecule has 1 fully saturated rings. The second-order valence-electron chi connectivity index (χ2n) is 4.36. The van der Waals surface area contributed by atoms with Gasteiger partial charge in [0.05, 0.1) is 12.2 Å². The van der Waals surface area contributed by atoms with Crippen molar-refractivity contribution in [2.75, 3.05) is 0 Å². The van der Waals surface area contributed by atoms with Crippen LogP contribution in [0.3, 0.4) is 0 Å². The van der Waals surface area contributed by atoms with E-state index in [2.05, 4.69) is 29.3 Å². The molecule has 1 aromatic heterocycles. The Morgan fingerprint density at radius 3 is 2.82 bits per heavy atom. The normalized spacial score (nSPS) is 16.2. The molecule has 5 nitrogen and oxygen atoms in total. The first kappa shape index (κ1) is 12.0. The predicted octanol–water partition coefficient (Wildman–Crippen LogP) is 1.37. The number of rotatable bonds is 5. The van der Waals surface area contributed by atoms with E-state index in [1.165, 1.54) is 12.8 Å². The van der Waals surface area contributed by atoms with E-state index in [4.69, 9.17) is 10.3 Å². The number of hydrogen-bond donors (Lipinski definition) is 2. The number of aliphatic imine (C=N–C) groups is 1. The summed E-state index contributed by atoms with van der Waals surface area (Å²) in [5.74, 6) is 1.45. The minimum Gasteiger partial charge on any atom is -0.370 e. The average Bonchev–Trinajstić information content (AvgIpc) is 3.04. The fourth-order valence-corrected chi connectivity index (χ4v) is 1.76. The molecular weight excluding hydrogens is 216 g/mol. The van der Waals surface area contributed by atoms with Gasteiger partial charge < -0.3 is 15.6 Å². The molecule has 5 heteroatoms. The monoisotopic (exact) mass is 236 g/mol. The van der Waals surface area contributed by atoms with Crippen LogP contribution in [0.5, 0.6) is 0 Å². The molecule has 17 heavy (non-hydrogen) atoms. The summed E-state index contributed by atoms with van der Waals surface area (Å²) in [6.45, 7) is 4.68. The van der Waals surface area contributed by atoms with Crippen LogP contribution in [0, 0.1) is 0 Å². The van der Waals surface area contributed by atoms with E-state index in [0.717, 1.165) is 29.9 Å². The summed E-state index contributed by atoms with van der Waals surface area (Å²) in [6, 6.07) is 0.539. The van der Waals surface area contributed by atoms with Gasteiger partial charge >= 0.3 is 0 Å². The van der Waals surface area contributed by atoms with Crippen molar-refractivity contribution in [2.24, 2.45) is 10.7 Å². The second kappa shape index (κ2) is 5.21. The zero-order valence-electron chi connectivity index (χ0n) is 10.5. The SMILES string of the molecule is CCc1noc(CC)c1CN=C(N)NC1CC1. The van der Waals surface area contributed by atoms with Crippen LogP contribution in [-0.2, 0) is 19.4 Å². The molecular formula is C12H20N4O. The molecule has 1 aliphatic carbocycles. The van der Waals surface area contributed by atoms with Crippen molar-refractivity contribution < 1.29 is 4.52 Å². The van der Waals surface area contributed by atoms with Gasteiger partial charge in [0.15, 0.2) is 5.96 Å². The van der Waals surface area contributed by atoms with Gasteiger partial charge in [-0.1, -0.05) is 19.0 Å². The zero-order chi connectivity index (χ0) is 12.3. The molecule has 0 spiro atoms. The van der Waals surface area contributed by atoms with Gasteiger partial charge in [-0.2, -0.15) is 0 Å². The lowest BCUT2D eigenvalue weighted by Crippen LogP contribution is -2.33. The summed E-state index contributed by atoms with van der Waals surface area (Å²) in [5, 5.41) is 7.22. The third-order valence-corrected chi connectivity index (χ3v) is 2.94. The van der Waals surface area contributed by atoms with E-state index in [1.807, 2.05) is 0 Å². The van der Waals surface area contributed by atoms with Crippen molar-refractivity contribution in [2.45, 2.75) is 52.1 Å². The molecule has 1 aromatic rings. The maximum absolute atomic E-state index is 5.80. The summed E-state index contributed by atoms with van der Waals surface area (Å²) in [6.07, 6.45) is 4.10. The number of aryl methyl sites for hydroxylation is 2. The van der Waals surface area contributed by atoms with Crippen LogP contribution in [0.4, 0.5) is 0 Å². The van der Waals surface area contributed by atoms with Crippen LogP contribution in [-0.4, -0.2) is 17.2 Å². The Morgan fingerprint density at radius 2 is 2.24 bits per heavy atom. The quantitative estimate of drug-likeness (QED) is 0.598. The standard InChI is InChI=1S/C12H20N4O/c1-3-10-9(11(4-2)17-16-10)7-14-12(13)15-8-5-6-8/h8H,3-7H2,1-2H3,(H3,13,14,15). The van der Waals surface area contributed by atoms with Crippen LogP contribution in [0.15, 0.2) is 9.52 Å². The maximum Gasteiger partial charge on any atom is 0.189 e. The summed E-state index contributed by atoms with van der Waals surface area (Å²) in [7, 11) is 0. The van der Waals surface area contributed by atoms with E-state index < -0.39 is 0 Å². The number of nitrogens with zero attached hydrogens (tertiary/aromatic N) is 2. The zero-order valence-corrected chi connectivity index (χ0v) is 10.5. The number of nitrogens with two attached hydrogens (primary N) is 1. The van der Waals surface area contributed by atoms with E-state index in [9.17, 15) is 0 Å². The van der Waals surface area contributed by atoms with Crippen molar-refractivity contribution in [3.8, 4) is 0 Å². The van der Waals surface area contributed by atoms with E-state index in [-0.39, 0.29) is 0 Å². The minimum atomic E-state index is 0.526. The molecule has 0 unspecified atom stereocenters. The van der Waals surface area contributed by atoms with Crippen LogP contribution in [0.25, 0.3) is 0 Å². The molecule has 3 N–H and O–H groups in total. The molecule has 0 aliphatic heterocycles. The number of guanidine groups is 1. The first-order chi connectivity index (χ1) is 8.24. The first-order valence-corrected chi connectivity index (χ1v) is 6.27. The lowest BCUT2D eigenvalue weighted by atomic mass is 10.1. The van der Waals surface area contributed by atoms with Gasteiger partial charge in [0, 0.05) is 18.0 Å². The third-order valence-electron chi connectivity index (χ3n) is 2.94. The molecule has 1 saturated carbocycles. The maximum atomic E-state index is 5.80. The summed E-state index contributed by atoms with van der Waals surface area (Å²) in [4.78, 5) is 4.35. The molecule has 1 heterocycles. The smallest absolute Gasteiger partial charge is 0.189 e. The number of hydrogen-bond acceptors (Lipinski definition) is 3. The van der Waals surface area contributed by atoms with Gasteiger partial charge in [-0.3, -0.25) is 0 Å². The fraction of sp³-hybridized carbons (Fsp3) is 0.667. The molecule has 0 aromatic carbocycles. The molecule has 0 radical (unpaired) electrons. The van der Waals surface area contributed by atoms with E-state index >= 15 is 0 Å². The average molecular weight is 236 g/mol. The van der Waals surface area contributed by atoms with Crippen LogP contribution < -0.4 is 11.1 Å².